The topological polar surface area (TPSA) is 137 Å². The van der Waals surface area contributed by atoms with E-state index < -0.39 is 65.3 Å². The van der Waals surface area contributed by atoms with Crippen molar-refractivity contribution in [2.45, 2.75) is 86.0 Å². The lowest BCUT2D eigenvalue weighted by Gasteiger charge is -2.44. The van der Waals surface area contributed by atoms with Crippen molar-refractivity contribution in [3.63, 3.8) is 0 Å². The van der Waals surface area contributed by atoms with Gasteiger partial charge in [0, 0.05) is 13.8 Å². The van der Waals surface area contributed by atoms with Gasteiger partial charge in [-0.2, -0.15) is 0 Å². The van der Waals surface area contributed by atoms with Gasteiger partial charge >= 0.3 is 17.9 Å². The van der Waals surface area contributed by atoms with Crippen LogP contribution in [0.15, 0.2) is 0 Å². The highest BCUT2D eigenvalue weighted by atomic mass is 16.7. The lowest BCUT2D eigenvalue weighted by Crippen LogP contribution is -2.66. The number of esters is 3. The molecule has 0 aromatic carbocycles. The van der Waals surface area contributed by atoms with Gasteiger partial charge in [-0.3, -0.25) is 19.2 Å². The predicted molar refractivity (Wildman–Crippen MR) is 104 cm³/mol. The zero-order chi connectivity index (χ0) is 23.4. The summed E-state index contributed by atoms with van der Waals surface area (Å²) in [6.45, 7) is 11.9. The van der Waals surface area contributed by atoms with Crippen molar-refractivity contribution in [2.75, 3.05) is 6.61 Å². The van der Waals surface area contributed by atoms with Crippen molar-refractivity contribution in [1.29, 1.82) is 0 Å². The van der Waals surface area contributed by atoms with Crippen LogP contribution >= 0.6 is 0 Å². The fourth-order valence-electron chi connectivity index (χ4n) is 2.59. The van der Waals surface area contributed by atoms with Crippen molar-refractivity contribution < 1.29 is 43.2 Å². The lowest BCUT2D eigenvalue weighted by molar-refractivity contribution is -0.267. The highest BCUT2D eigenvalue weighted by molar-refractivity contribution is 5.76. The summed E-state index contributed by atoms with van der Waals surface area (Å²) in [6.07, 6.45) is -5.23. The number of carbonyl (C=O) groups excluding carboxylic acids is 4. The molecule has 0 aromatic rings. The molecule has 0 aliphatic carbocycles. The molecule has 1 fully saturated rings. The van der Waals surface area contributed by atoms with Gasteiger partial charge in [-0.25, -0.2) is 0 Å². The van der Waals surface area contributed by atoms with Crippen LogP contribution in [0.25, 0.3) is 0 Å². The summed E-state index contributed by atoms with van der Waals surface area (Å²) in [5.74, 6) is -2.39. The minimum atomic E-state index is -1.60. The molecule has 1 aliphatic rings. The van der Waals surface area contributed by atoms with Crippen molar-refractivity contribution in [2.24, 2.45) is 10.8 Å². The summed E-state index contributed by atoms with van der Waals surface area (Å²) in [5, 5.41) is 12.8. The molecule has 0 saturated carbocycles. The molecule has 1 rings (SSSR count). The first-order valence-electron chi connectivity index (χ1n) is 9.70. The smallest absolute Gasteiger partial charge is 0.311 e. The predicted octanol–water partition coefficient (Wildman–Crippen LogP) is 0.687. The summed E-state index contributed by atoms with van der Waals surface area (Å²) in [4.78, 5) is 48.0. The van der Waals surface area contributed by atoms with Crippen molar-refractivity contribution >= 4 is 23.8 Å². The summed E-state index contributed by atoms with van der Waals surface area (Å²) >= 11 is 0. The number of hydrogen-bond donors (Lipinski definition) is 2. The molecule has 1 heterocycles. The fraction of sp³-hybridized carbons (Fsp3) is 0.800. The number of ether oxygens (including phenoxy) is 4. The van der Waals surface area contributed by atoms with Gasteiger partial charge < -0.3 is 29.4 Å². The third-order valence-corrected chi connectivity index (χ3v) is 4.18. The molecule has 0 aromatic heterocycles. The van der Waals surface area contributed by atoms with E-state index in [9.17, 15) is 24.3 Å². The minimum Gasteiger partial charge on any atom is -0.462 e. The SMILES string of the molecule is CC(=O)N[C@H]1C(O)O[C@H](COC(=O)C(C)(C)C)[C@H](OC(=O)C(C)(C)C)[C@@H]1OC(C)=O. The molecule has 10 nitrogen and oxygen atoms in total. The van der Waals surface area contributed by atoms with Crippen LogP contribution < -0.4 is 5.32 Å². The number of aliphatic hydroxyl groups is 1. The molecule has 0 bridgehead atoms. The molecule has 172 valence electrons. The maximum Gasteiger partial charge on any atom is 0.311 e. The molecule has 1 saturated heterocycles. The van der Waals surface area contributed by atoms with Crippen LogP contribution in [-0.2, 0) is 38.1 Å². The maximum absolute atomic E-state index is 12.5. The van der Waals surface area contributed by atoms with Gasteiger partial charge in [-0.05, 0) is 41.5 Å². The van der Waals surface area contributed by atoms with Crippen LogP contribution in [0.2, 0.25) is 0 Å². The van der Waals surface area contributed by atoms with E-state index in [2.05, 4.69) is 5.32 Å². The van der Waals surface area contributed by atoms with E-state index in [1.807, 2.05) is 0 Å². The molecule has 10 heteroatoms. The Bertz CT molecular complexity index is 662. The van der Waals surface area contributed by atoms with Crippen LogP contribution in [0.5, 0.6) is 0 Å². The first-order chi connectivity index (χ1) is 13.5. The van der Waals surface area contributed by atoms with E-state index >= 15 is 0 Å². The van der Waals surface area contributed by atoms with Crippen molar-refractivity contribution in [1.82, 2.24) is 5.32 Å². The Balaban J connectivity index is 3.25. The van der Waals surface area contributed by atoms with Crippen LogP contribution in [-0.4, -0.2) is 66.2 Å². The van der Waals surface area contributed by atoms with Crippen LogP contribution in [0.4, 0.5) is 0 Å². The molecule has 1 aliphatic heterocycles. The van der Waals surface area contributed by atoms with E-state index in [1.165, 1.54) is 6.92 Å². The van der Waals surface area contributed by atoms with Gasteiger partial charge in [-0.1, -0.05) is 0 Å². The van der Waals surface area contributed by atoms with Gasteiger partial charge in [0.15, 0.2) is 18.5 Å². The highest BCUT2D eigenvalue weighted by Gasteiger charge is 2.51. The first-order valence-corrected chi connectivity index (χ1v) is 9.70. The molecule has 1 unspecified atom stereocenters. The Kier molecular flexibility index (Phi) is 8.39. The zero-order valence-electron chi connectivity index (χ0n) is 18.8. The Labute approximate surface area is 176 Å². The number of hydrogen-bond acceptors (Lipinski definition) is 9. The van der Waals surface area contributed by atoms with Crippen LogP contribution in [0.1, 0.15) is 55.4 Å². The normalized spacial score (nSPS) is 27.0. The first kappa shape index (κ1) is 25.8. The second kappa shape index (κ2) is 9.74. The van der Waals surface area contributed by atoms with Crippen molar-refractivity contribution in [3.05, 3.63) is 0 Å². The number of nitrogens with one attached hydrogen (secondary N) is 1. The van der Waals surface area contributed by atoms with E-state index in [0.29, 0.717) is 0 Å². The second-order valence-corrected chi connectivity index (χ2v) is 9.33. The summed E-state index contributed by atoms with van der Waals surface area (Å²) in [5.41, 5.74) is -1.69. The summed E-state index contributed by atoms with van der Waals surface area (Å²) in [6, 6.07) is -1.20. The number of aliphatic hydroxyl groups excluding tert-OH is 1. The molecule has 0 spiro atoms. The van der Waals surface area contributed by atoms with Gasteiger partial charge in [0.1, 0.15) is 18.8 Å². The Morgan fingerprint density at radius 2 is 1.43 bits per heavy atom. The maximum atomic E-state index is 12.5. The second-order valence-electron chi connectivity index (χ2n) is 9.33. The van der Waals surface area contributed by atoms with Gasteiger partial charge in [0.25, 0.3) is 0 Å². The highest BCUT2D eigenvalue weighted by Crippen LogP contribution is 2.29. The standard InChI is InChI=1S/C20H33NO9/c1-10(22)21-13-15(28-11(2)23)14(30-18(26)20(6,7)8)12(29-16(13)24)9-27-17(25)19(3,4)5/h12-16,24H,9H2,1-8H3,(H,21,22)/t12-,13-,14+,15-,16?/m1/s1. The largest absolute Gasteiger partial charge is 0.462 e. The van der Waals surface area contributed by atoms with Crippen LogP contribution in [0, 0.1) is 10.8 Å². The Morgan fingerprint density at radius 1 is 0.900 bits per heavy atom. The molecule has 0 radical (unpaired) electrons. The third-order valence-electron chi connectivity index (χ3n) is 4.18. The average molecular weight is 431 g/mol. The molecular formula is C20H33NO9. The van der Waals surface area contributed by atoms with Gasteiger partial charge in [-0.15, -0.1) is 0 Å². The van der Waals surface area contributed by atoms with Crippen LogP contribution in [0.3, 0.4) is 0 Å². The van der Waals surface area contributed by atoms with Gasteiger partial charge in [0.05, 0.1) is 10.8 Å². The fourth-order valence-corrected chi connectivity index (χ4v) is 2.59. The zero-order valence-corrected chi connectivity index (χ0v) is 18.8. The van der Waals surface area contributed by atoms with E-state index in [-0.39, 0.29) is 6.61 Å². The summed E-state index contributed by atoms with van der Waals surface area (Å²) in [7, 11) is 0. The average Bonchev–Trinajstić information content (AvgIpc) is 2.55. The van der Waals surface area contributed by atoms with E-state index in [4.69, 9.17) is 18.9 Å². The minimum absolute atomic E-state index is 0.361. The molecule has 30 heavy (non-hydrogen) atoms. The van der Waals surface area contributed by atoms with E-state index in [0.717, 1.165) is 6.92 Å². The van der Waals surface area contributed by atoms with Gasteiger partial charge in [0.2, 0.25) is 5.91 Å². The third kappa shape index (κ3) is 7.24. The lowest BCUT2D eigenvalue weighted by atomic mass is 9.94. The van der Waals surface area contributed by atoms with E-state index in [1.54, 1.807) is 41.5 Å². The van der Waals surface area contributed by atoms with Crippen molar-refractivity contribution in [3.8, 4) is 0 Å². The number of carbonyl (C=O) groups is 4. The Morgan fingerprint density at radius 3 is 1.87 bits per heavy atom. The molecule has 2 N–H and O–H groups in total. The number of amides is 1. The quantitative estimate of drug-likeness (QED) is 0.475. The summed E-state index contributed by atoms with van der Waals surface area (Å²) < 4.78 is 21.6. The molecule has 5 atom stereocenters. The monoisotopic (exact) mass is 431 g/mol. The molecular weight excluding hydrogens is 398 g/mol. The molecule has 1 amide bonds. The Hall–Kier alpha value is -2.20. The number of rotatable bonds is 5.